The van der Waals surface area contributed by atoms with Gasteiger partial charge in [0.15, 0.2) is 0 Å². The van der Waals surface area contributed by atoms with Crippen LogP contribution in [0.25, 0.3) is 0 Å². The van der Waals surface area contributed by atoms with Gasteiger partial charge in [-0.25, -0.2) is 0 Å². The average molecular weight is 281 g/mol. The number of nitrogens with one attached hydrogen (secondary N) is 1. The van der Waals surface area contributed by atoms with Crippen molar-refractivity contribution < 1.29 is 9.90 Å². The summed E-state index contributed by atoms with van der Waals surface area (Å²) in [6.07, 6.45) is 7.25. The highest BCUT2D eigenvalue weighted by molar-refractivity contribution is 5.96. The number of aliphatic hydroxyl groups excluding tert-OH is 1. The standard InChI is InChI=1S/C16H15N3O2/c20-10-2-4-14-12-18-8-6-15(14)16(21)19-9-5-13-3-1-7-17-11-13/h1,3,6-8,11-12,20H,5,9-10H2,(H,19,21). The van der Waals surface area contributed by atoms with Crippen molar-refractivity contribution >= 4 is 5.91 Å². The first-order chi connectivity index (χ1) is 10.3. The molecule has 0 aromatic carbocycles. The zero-order valence-corrected chi connectivity index (χ0v) is 11.4. The van der Waals surface area contributed by atoms with Crippen LogP contribution in [-0.2, 0) is 6.42 Å². The van der Waals surface area contributed by atoms with Gasteiger partial charge in [-0.15, -0.1) is 0 Å². The third kappa shape index (κ3) is 4.41. The second-order valence-electron chi connectivity index (χ2n) is 4.25. The second kappa shape index (κ2) is 7.78. The van der Waals surface area contributed by atoms with E-state index < -0.39 is 0 Å². The van der Waals surface area contributed by atoms with E-state index in [0.717, 1.165) is 5.56 Å². The fourth-order valence-corrected chi connectivity index (χ4v) is 1.79. The molecule has 0 bridgehead atoms. The van der Waals surface area contributed by atoms with E-state index >= 15 is 0 Å². The van der Waals surface area contributed by atoms with E-state index in [4.69, 9.17) is 5.11 Å². The van der Waals surface area contributed by atoms with Gasteiger partial charge in [-0.2, -0.15) is 0 Å². The van der Waals surface area contributed by atoms with Gasteiger partial charge >= 0.3 is 0 Å². The third-order valence-corrected chi connectivity index (χ3v) is 2.79. The summed E-state index contributed by atoms with van der Waals surface area (Å²) in [7, 11) is 0. The first kappa shape index (κ1) is 14.7. The first-order valence-electron chi connectivity index (χ1n) is 6.52. The Kier molecular flexibility index (Phi) is 5.44. The number of hydrogen-bond donors (Lipinski definition) is 2. The highest BCUT2D eigenvalue weighted by Crippen LogP contribution is 2.05. The Morgan fingerprint density at radius 1 is 1.24 bits per heavy atom. The molecule has 2 N–H and O–H groups in total. The van der Waals surface area contributed by atoms with Crippen LogP contribution in [0, 0.1) is 11.8 Å². The maximum Gasteiger partial charge on any atom is 0.252 e. The molecule has 0 aliphatic carbocycles. The SMILES string of the molecule is O=C(NCCc1cccnc1)c1ccncc1C#CCO. The van der Waals surface area contributed by atoms with Crippen LogP contribution in [0.5, 0.6) is 0 Å². The fourth-order valence-electron chi connectivity index (χ4n) is 1.79. The van der Waals surface area contributed by atoms with Gasteiger partial charge in [0.2, 0.25) is 0 Å². The molecule has 1 amide bonds. The van der Waals surface area contributed by atoms with Crippen molar-refractivity contribution in [2.24, 2.45) is 0 Å². The predicted molar refractivity (Wildman–Crippen MR) is 78.5 cm³/mol. The Bertz CT molecular complexity index is 660. The second-order valence-corrected chi connectivity index (χ2v) is 4.25. The number of carbonyl (C=O) groups excluding carboxylic acids is 1. The van der Waals surface area contributed by atoms with Gasteiger partial charge in [-0.1, -0.05) is 17.9 Å². The van der Waals surface area contributed by atoms with E-state index in [-0.39, 0.29) is 12.5 Å². The van der Waals surface area contributed by atoms with E-state index in [1.165, 1.54) is 6.20 Å². The van der Waals surface area contributed by atoms with Crippen molar-refractivity contribution in [2.75, 3.05) is 13.2 Å². The van der Waals surface area contributed by atoms with E-state index in [1.54, 1.807) is 24.7 Å². The largest absolute Gasteiger partial charge is 0.384 e. The topological polar surface area (TPSA) is 75.1 Å². The number of carbonyl (C=O) groups is 1. The van der Waals surface area contributed by atoms with Crippen LogP contribution in [0.15, 0.2) is 43.0 Å². The third-order valence-electron chi connectivity index (χ3n) is 2.79. The van der Waals surface area contributed by atoms with Gasteiger partial charge in [0.1, 0.15) is 6.61 Å². The minimum absolute atomic E-state index is 0.205. The Morgan fingerprint density at radius 2 is 2.10 bits per heavy atom. The maximum absolute atomic E-state index is 12.1. The maximum atomic E-state index is 12.1. The molecular weight excluding hydrogens is 266 g/mol. The predicted octanol–water partition coefficient (Wildman–Crippen LogP) is 0.793. The van der Waals surface area contributed by atoms with Crippen LogP contribution in [0.4, 0.5) is 0 Å². The number of rotatable bonds is 4. The van der Waals surface area contributed by atoms with Gasteiger partial charge < -0.3 is 10.4 Å². The molecule has 2 rings (SSSR count). The molecule has 5 heteroatoms. The molecule has 0 saturated carbocycles. The summed E-state index contributed by atoms with van der Waals surface area (Å²) in [6, 6.07) is 5.44. The molecule has 0 atom stereocenters. The Balaban J connectivity index is 1.97. The molecule has 2 aromatic heterocycles. The van der Waals surface area contributed by atoms with E-state index in [9.17, 15) is 4.79 Å². The fraction of sp³-hybridized carbons (Fsp3) is 0.188. The number of hydrogen-bond acceptors (Lipinski definition) is 4. The molecule has 2 heterocycles. The van der Waals surface area contributed by atoms with Gasteiger partial charge in [0.25, 0.3) is 5.91 Å². The monoisotopic (exact) mass is 281 g/mol. The highest BCUT2D eigenvalue weighted by Gasteiger charge is 2.09. The van der Waals surface area contributed by atoms with Gasteiger partial charge in [-0.3, -0.25) is 14.8 Å². The molecule has 0 spiro atoms. The van der Waals surface area contributed by atoms with Crippen LogP contribution >= 0.6 is 0 Å². The van der Waals surface area contributed by atoms with E-state index in [1.807, 2.05) is 12.1 Å². The molecule has 2 aromatic rings. The average Bonchev–Trinajstić information content (AvgIpc) is 2.54. The van der Waals surface area contributed by atoms with Crippen LogP contribution in [0.3, 0.4) is 0 Å². The van der Waals surface area contributed by atoms with Crippen molar-refractivity contribution in [2.45, 2.75) is 6.42 Å². The molecule has 21 heavy (non-hydrogen) atoms. The summed E-state index contributed by atoms with van der Waals surface area (Å²) in [5.74, 6) is 5.03. The molecule has 106 valence electrons. The number of pyridine rings is 2. The minimum Gasteiger partial charge on any atom is -0.384 e. The molecule has 0 radical (unpaired) electrons. The Hall–Kier alpha value is -2.71. The quantitative estimate of drug-likeness (QED) is 0.813. The smallest absolute Gasteiger partial charge is 0.252 e. The van der Waals surface area contributed by atoms with Crippen LogP contribution in [0.1, 0.15) is 21.5 Å². The number of aromatic nitrogens is 2. The van der Waals surface area contributed by atoms with Crippen molar-refractivity contribution in [1.82, 2.24) is 15.3 Å². The molecule has 5 nitrogen and oxygen atoms in total. The molecule has 0 aliphatic rings. The lowest BCUT2D eigenvalue weighted by molar-refractivity contribution is 0.0954. The Morgan fingerprint density at radius 3 is 2.86 bits per heavy atom. The molecular formula is C16H15N3O2. The summed E-state index contributed by atoms with van der Waals surface area (Å²) < 4.78 is 0. The van der Waals surface area contributed by atoms with Crippen molar-refractivity contribution in [3.63, 3.8) is 0 Å². The minimum atomic E-state index is -0.253. The molecule has 0 aliphatic heterocycles. The lowest BCUT2D eigenvalue weighted by atomic mass is 10.1. The van der Waals surface area contributed by atoms with Crippen LogP contribution < -0.4 is 5.32 Å². The van der Waals surface area contributed by atoms with E-state index in [2.05, 4.69) is 27.1 Å². The van der Waals surface area contributed by atoms with Crippen LogP contribution in [0.2, 0.25) is 0 Å². The van der Waals surface area contributed by atoms with Gasteiger partial charge in [0.05, 0.1) is 11.1 Å². The van der Waals surface area contributed by atoms with Crippen molar-refractivity contribution in [3.8, 4) is 11.8 Å². The van der Waals surface area contributed by atoms with Crippen molar-refractivity contribution in [1.29, 1.82) is 0 Å². The van der Waals surface area contributed by atoms with Gasteiger partial charge in [-0.05, 0) is 24.1 Å². The summed E-state index contributed by atoms with van der Waals surface area (Å²) in [6.45, 7) is 0.261. The van der Waals surface area contributed by atoms with Crippen molar-refractivity contribution in [3.05, 3.63) is 59.7 Å². The Labute approximate surface area is 123 Å². The summed E-state index contributed by atoms with van der Waals surface area (Å²) >= 11 is 0. The molecule has 0 unspecified atom stereocenters. The van der Waals surface area contributed by atoms with Crippen LogP contribution in [-0.4, -0.2) is 34.1 Å². The normalized spacial score (nSPS) is 9.57. The highest BCUT2D eigenvalue weighted by atomic mass is 16.2. The van der Waals surface area contributed by atoms with E-state index in [0.29, 0.717) is 24.1 Å². The lowest BCUT2D eigenvalue weighted by Crippen LogP contribution is -2.26. The number of amides is 1. The molecule has 0 saturated heterocycles. The number of nitrogens with zero attached hydrogens (tertiary/aromatic N) is 2. The zero-order chi connectivity index (χ0) is 14.9. The molecule has 0 fully saturated rings. The summed E-state index contributed by atoms with van der Waals surface area (Å²) in [5.41, 5.74) is 2.02. The lowest BCUT2D eigenvalue weighted by Gasteiger charge is -2.06. The van der Waals surface area contributed by atoms with Gasteiger partial charge in [0, 0.05) is 31.3 Å². The zero-order valence-electron chi connectivity index (χ0n) is 11.4. The summed E-state index contributed by atoms with van der Waals surface area (Å²) in [4.78, 5) is 20.1. The number of aliphatic hydroxyl groups is 1. The summed E-state index contributed by atoms with van der Waals surface area (Å²) in [5, 5.41) is 11.6. The first-order valence-corrected chi connectivity index (χ1v) is 6.52.